The van der Waals surface area contributed by atoms with Crippen molar-refractivity contribution in [3.8, 4) is 5.75 Å². The van der Waals surface area contributed by atoms with Crippen LogP contribution in [0.1, 0.15) is 48.9 Å². The van der Waals surface area contributed by atoms with E-state index in [-0.39, 0.29) is 12.4 Å². The number of nitrogens with zero attached hydrogens (tertiary/aromatic N) is 4. The predicted octanol–water partition coefficient (Wildman–Crippen LogP) is 3.69. The molecule has 1 fully saturated rings. The molecule has 130 valence electrons. The van der Waals surface area contributed by atoms with Crippen molar-refractivity contribution in [1.29, 1.82) is 0 Å². The molecule has 0 unspecified atom stereocenters. The van der Waals surface area contributed by atoms with E-state index in [1.54, 1.807) is 29.2 Å². The van der Waals surface area contributed by atoms with Crippen LogP contribution in [0.4, 0.5) is 4.39 Å². The standard InChI is InChI=1S/C18H19FN4O2/c19-15-7-5-13(6-8-15)10-23-11-16(9-20-23)24-12-17-21-18(22-25-17)14-3-1-2-4-14/h5-9,11,14H,1-4,10,12H2. The Hall–Kier alpha value is -2.70. The minimum Gasteiger partial charge on any atom is -0.480 e. The van der Waals surface area contributed by atoms with Crippen LogP contribution < -0.4 is 4.74 Å². The molecule has 0 saturated heterocycles. The third kappa shape index (κ3) is 3.87. The Morgan fingerprint density at radius 3 is 2.80 bits per heavy atom. The third-order valence-corrected chi connectivity index (χ3v) is 4.43. The second-order valence-electron chi connectivity index (χ2n) is 6.32. The Balaban J connectivity index is 1.32. The maximum atomic E-state index is 12.9. The van der Waals surface area contributed by atoms with Gasteiger partial charge in [-0.05, 0) is 30.5 Å². The molecular weight excluding hydrogens is 323 g/mol. The van der Waals surface area contributed by atoms with Gasteiger partial charge in [-0.25, -0.2) is 4.39 Å². The number of rotatable bonds is 6. The van der Waals surface area contributed by atoms with Crippen molar-refractivity contribution in [1.82, 2.24) is 19.9 Å². The molecular formula is C18H19FN4O2. The highest BCUT2D eigenvalue weighted by molar-refractivity contribution is 5.18. The summed E-state index contributed by atoms with van der Waals surface area (Å²) in [4.78, 5) is 4.42. The van der Waals surface area contributed by atoms with Crippen molar-refractivity contribution in [3.05, 3.63) is 59.8 Å². The molecule has 4 rings (SSSR count). The lowest BCUT2D eigenvalue weighted by atomic mass is 10.1. The third-order valence-electron chi connectivity index (χ3n) is 4.43. The summed E-state index contributed by atoms with van der Waals surface area (Å²) in [5.41, 5.74) is 0.967. The van der Waals surface area contributed by atoms with E-state index >= 15 is 0 Å². The number of benzene rings is 1. The molecule has 0 spiro atoms. The van der Waals surface area contributed by atoms with E-state index in [9.17, 15) is 4.39 Å². The Kier molecular flexibility index (Phi) is 4.45. The summed E-state index contributed by atoms with van der Waals surface area (Å²) >= 11 is 0. The summed E-state index contributed by atoms with van der Waals surface area (Å²) in [5, 5.41) is 8.31. The van der Waals surface area contributed by atoms with Crippen LogP contribution in [0.2, 0.25) is 0 Å². The van der Waals surface area contributed by atoms with Crippen molar-refractivity contribution in [2.24, 2.45) is 0 Å². The quantitative estimate of drug-likeness (QED) is 0.683. The molecule has 7 heteroatoms. The van der Waals surface area contributed by atoms with Crippen LogP contribution in [-0.2, 0) is 13.2 Å². The molecule has 0 bridgehead atoms. The van der Waals surface area contributed by atoms with Gasteiger partial charge >= 0.3 is 0 Å². The molecule has 0 radical (unpaired) electrons. The van der Waals surface area contributed by atoms with Crippen LogP contribution >= 0.6 is 0 Å². The first-order valence-corrected chi connectivity index (χ1v) is 8.48. The molecule has 6 nitrogen and oxygen atoms in total. The summed E-state index contributed by atoms with van der Waals surface area (Å²) in [6, 6.07) is 6.35. The van der Waals surface area contributed by atoms with Gasteiger partial charge in [-0.15, -0.1) is 0 Å². The first-order valence-electron chi connectivity index (χ1n) is 8.48. The fourth-order valence-corrected chi connectivity index (χ4v) is 3.10. The number of halogens is 1. The van der Waals surface area contributed by atoms with Gasteiger partial charge in [-0.3, -0.25) is 4.68 Å². The van der Waals surface area contributed by atoms with Crippen molar-refractivity contribution < 1.29 is 13.7 Å². The zero-order chi connectivity index (χ0) is 17.1. The molecule has 1 aliphatic rings. The van der Waals surface area contributed by atoms with E-state index in [2.05, 4.69) is 15.2 Å². The minimum atomic E-state index is -0.246. The topological polar surface area (TPSA) is 66.0 Å². The van der Waals surface area contributed by atoms with Crippen LogP contribution in [0, 0.1) is 5.82 Å². The molecule has 0 amide bonds. The molecule has 1 saturated carbocycles. The fraction of sp³-hybridized carbons (Fsp3) is 0.389. The summed E-state index contributed by atoms with van der Waals surface area (Å²) in [6.45, 7) is 0.776. The van der Waals surface area contributed by atoms with E-state index in [0.717, 1.165) is 24.2 Å². The maximum Gasteiger partial charge on any atom is 0.264 e. The first-order chi connectivity index (χ1) is 12.3. The Morgan fingerprint density at radius 1 is 1.20 bits per heavy atom. The van der Waals surface area contributed by atoms with E-state index < -0.39 is 0 Å². The summed E-state index contributed by atoms with van der Waals surface area (Å²) in [6.07, 6.45) is 8.16. The lowest BCUT2D eigenvalue weighted by Gasteiger charge is -2.01. The maximum absolute atomic E-state index is 12.9. The summed E-state index contributed by atoms with van der Waals surface area (Å²) in [7, 11) is 0. The predicted molar refractivity (Wildman–Crippen MR) is 87.6 cm³/mol. The van der Waals surface area contributed by atoms with Gasteiger partial charge in [0.2, 0.25) is 0 Å². The van der Waals surface area contributed by atoms with Crippen LogP contribution in [-0.4, -0.2) is 19.9 Å². The van der Waals surface area contributed by atoms with Crippen molar-refractivity contribution in [3.63, 3.8) is 0 Å². The Labute approximate surface area is 144 Å². The zero-order valence-electron chi connectivity index (χ0n) is 13.8. The van der Waals surface area contributed by atoms with Gasteiger partial charge in [0.25, 0.3) is 5.89 Å². The largest absolute Gasteiger partial charge is 0.480 e. The molecule has 0 aliphatic heterocycles. The second-order valence-corrected chi connectivity index (χ2v) is 6.32. The van der Waals surface area contributed by atoms with Crippen molar-refractivity contribution in [2.75, 3.05) is 0 Å². The van der Waals surface area contributed by atoms with E-state index in [1.165, 1.54) is 25.0 Å². The number of hydrogen-bond donors (Lipinski definition) is 0. The average Bonchev–Trinajstić information content (AvgIpc) is 3.36. The van der Waals surface area contributed by atoms with Gasteiger partial charge in [-0.2, -0.15) is 10.1 Å². The molecule has 3 aromatic rings. The molecule has 2 aromatic heterocycles. The van der Waals surface area contributed by atoms with Crippen LogP contribution in [0.25, 0.3) is 0 Å². The van der Waals surface area contributed by atoms with Crippen molar-refractivity contribution in [2.45, 2.75) is 44.8 Å². The number of hydrogen-bond acceptors (Lipinski definition) is 5. The van der Waals surface area contributed by atoms with E-state index in [1.807, 2.05) is 0 Å². The highest BCUT2D eigenvalue weighted by Crippen LogP contribution is 2.32. The SMILES string of the molecule is Fc1ccc(Cn2cc(OCc3nc(C4CCCC4)no3)cn2)cc1. The first kappa shape index (κ1) is 15.8. The lowest BCUT2D eigenvalue weighted by molar-refractivity contribution is 0.242. The van der Waals surface area contributed by atoms with Crippen LogP contribution in [0.3, 0.4) is 0 Å². The summed E-state index contributed by atoms with van der Waals surface area (Å²) in [5.74, 6) is 2.08. The molecule has 25 heavy (non-hydrogen) atoms. The molecule has 2 heterocycles. The Bertz CT molecular complexity index is 822. The van der Waals surface area contributed by atoms with Gasteiger partial charge in [0.15, 0.2) is 18.2 Å². The molecule has 1 aliphatic carbocycles. The summed E-state index contributed by atoms with van der Waals surface area (Å²) < 4.78 is 25.6. The van der Waals surface area contributed by atoms with Crippen LogP contribution in [0.5, 0.6) is 5.75 Å². The van der Waals surface area contributed by atoms with Gasteiger partial charge in [0, 0.05) is 5.92 Å². The smallest absolute Gasteiger partial charge is 0.264 e. The van der Waals surface area contributed by atoms with Gasteiger partial charge in [0.05, 0.1) is 18.9 Å². The zero-order valence-corrected chi connectivity index (χ0v) is 13.8. The normalized spacial score (nSPS) is 14.9. The molecule has 1 aromatic carbocycles. The van der Waals surface area contributed by atoms with Gasteiger partial charge < -0.3 is 9.26 Å². The van der Waals surface area contributed by atoms with Gasteiger partial charge in [-0.1, -0.05) is 30.1 Å². The fourth-order valence-electron chi connectivity index (χ4n) is 3.10. The second kappa shape index (κ2) is 7.04. The highest BCUT2D eigenvalue weighted by Gasteiger charge is 2.22. The number of aromatic nitrogens is 4. The molecule has 0 atom stereocenters. The van der Waals surface area contributed by atoms with E-state index in [0.29, 0.717) is 24.1 Å². The van der Waals surface area contributed by atoms with Gasteiger partial charge in [0.1, 0.15) is 5.82 Å². The monoisotopic (exact) mass is 342 g/mol. The van der Waals surface area contributed by atoms with Crippen LogP contribution in [0.15, 0.2) is 41.2 Å². The number of ether oxygens (including phenoxy) is 1. The molecule has 0 N–H and O–H groups in total. The average molecular weight is 342 g/mol. The van der Waals surface area contributed by atoms with Crippen molar-refractivity contribution >= 4 is 0 Å². The minimum absolute atomic E-state index is 0.224. The lowest BCUT2D eigenvalue weighted by Crippen LogP contribution is -2.00. The van der Waals surface area contributed by atoms with E-state index in [4.69, 9.17) is 9.26 Å². The Morgan fingerprint density at radius 2 is 2.00 bits per heavy atom. The highest BCUT2D eigenvalue weighted by atomic mass is 19.1.